The van der Waals surface area contributed by atoms with E-state index in [4.69, 9.17) is 10.2 Å². The Morgan fingerprint density at radius 1 is 0.636 bits per heavy atom. The first kappa shape index (κ1) is 14.4. The maximum absolute atomic E-state index is 9.09. The van der Waals surface area contributed by atoms with Gasteiger partial charge in [0.15, 0.2) is 0 Å². The van der Waals surface area contributed by atoms with Gasteiger partial charge in [-0.25, -0.2) is 9.97 Å². The predicted octanol–water partition coefficient (Wildman–Crippen LogP) is 2.80. The van der Waals surface area contributed by atoms with Crippen LogP contribution in [0.2, 0.25) is 0 Å². The zero-order chi connectivity index (χ0) is 15.4. The highest BCUT2D eigenvalue weighted by Crippen LogP contribution is 2.23. The van der Waals surface area contributed by atoms with Crippen LogP contribution in [-0.4, -0.2) is 20.2 Å². The lowest BCUT2D eigenvalue weighted by Gasteiger charge is -2.06. The molecular formula is C18H16N2O2. The Bertz CT molecular complexity index is 690. The minimum Gasteiger partial charge on any atom is -0.392 e. The molecule has 0 aliphatic carbocycles. The number of hydrogen-bond donors (Lipinski definition) is 2. The quantitative estimate of drug-likeness (QED) is 0.776. The van der Waals surface area contributed by atoms with E-state index in [1.165, 1.54) is 0 Å². The van der Waals surface area contributed by atoms with Crippen LogP contribution in [0.25, 0.3) is 22.5 Å². The molecule has 1 heterocycles. The fourth-order valence-corrected chi connectivity index (χ4v) is 2.23. The van der Waals surface area contributed by atoms with E-state index in [1.807, 2.05) is 54.6 Å². The summed E-state index contributed by atoms with van der Waals surface area (Å²) in [6, 6.07) is 17.2. The summed E-state index contributed by atoms with van der Waals surface area (Å²) in [5.41, 5.74) is 5.37. The number of aliphatic hydroxyl groups is 2. The second-order valence-electron chi connectivity index (χ2n) is 5.00. The van der Waals surface area contributed by atoms with Crippen LogP contribution in [-0.2, 0) is 13.2 Å². The Labute approximate surface area is 128 Å². The van der Waals surface area contributed by atoms with Gasteiger partial charge in [-0.1, -0.05) is 48.5 Å². The van der Waals surface area contributed by atoms with Gasteiger partial charge in [-0.05, 0) is 17.2 Å². The first-order valence-electron chi connectivity index (χ1n) is 7.02. The van der Waals surface area contributed by atoms with Crippen molar-refractivity contribution in [3.05, 3.63) is 72.1 Å². The molecule has 3 rings (SSSR count). The maximum Gasteiger partial charge on any atom is 0.116 e. The van der Waals surface area contributed by atoms with Gasteiger partial charge in [-0.2, -0.15) is 0 Å². The molecule has 0 aliphatic heterocycles. The summed E-state index contributed by atoms with van der Waals surface area (Å²) in [6.45, 7) is 0.0685. The molecule has 2 N–H and O–H groups in total. The van der Waals surface area contributed by atoms with Crippen LogP contribution in [0.3, 0.4) is 0 Å². The zero-order valence-electron chi connectivity index (χ0n) is 12.0. The lowest BCUT2D eigenvalue weighted by molar-refractivity contribution is 0.281. The smallest absolute Gasteiger partial charge is 0.116 e. The van der Waals surface area contributed by atoms with Gasteiger partial charge in [0.1, 0.15) is 6.33 Å². The SMILES string of the molecule is OCc1ccc(-c2cc(-c3ccc(CO)cc3)ncn2)cc1. The lowest BCUT2D eigenvalue weighted by atomic mass is 10.1. The molecule has 0 aliphatic rings. The number of aliphatic hydroxyl groups excluding tert-OH is 2. The second kappa shape index (κ2) is 6.47. The first-order valence-corrected chi connectivity index (χ1v) is 7.02. The van der Waals surface area contributed by atoms with E-state index in [2.05, 4.69) is 9.97 Å². The monoisotopic (exact) mass is 292 g/mol. The summed E-state index contributed by atoms with van der Waals surface area (Å²) in [6.07, 6.45) is 1.55. The van der Waals surface area contributed by atoms with Gasteiger partial charge in [0.05, 0.1) is 24.6 Å². The molecule has 4 heteroatoms. The van der Waals surface area contributed by atoms with E-state index >= 15 is 0 Å². The molecule has 0 bridgehead atoms. The van der Waals surface area contributed by atoms with E-state index in [0.29, 0.717) is 0 Å². The summed E-state index contributed by atoms with van der Waals surface area (Å²) < 4.78 is 0. The predicted molar refractivity (Wildman–Crippen MR) is 84.7 cm³/mol. The van der Waals surface area contributed by atoms with Crippen molar-refractivity contribution in [2.75, 3.05) is 0 Å². The third-order valence-electron chi connectivity index (χ3n) is 3.53. The topological polar surface area (TPSA) is 66.2 Å². The average molecular weight is 292 g/mol. The van der Waals surface area contributed by atoms with Crippen molar-refractivity contribution in [2.24, 2.45) is 0 Å². The minimum absolute atomic E-state index is 0.0342. The Hall–Kier alpha value is -2.56. The largest absolute Gasteiger partial charge is 0.392 e. The van der Waals surface area contributed by atoms with Crippen LogP contribution >= 0.6 is 0 Å². The van der Waals surface area contributed by atoms with E-state index in [-0.39, 0.29) is 13.2 Å². The van der Waals surface area contributed by atoms with Crippen molar-refractivity contribution in [3.63, 3.8) is 0 Å². The molecule has 0 amide bonds. The Morgan fingerprint density at radius 2 is 1.05 bits per heavy atom. The molecule has 22 heavy (non-hydrogen) atoms. The zero-order valence-corrected chi connectivity index (χ0v) is 12.0. The van der Waals surface area contributed by atoms with E-state index in [0.717, 1.165) is 33.6 Å². The fraction of sp³-hybridized carbons (Fsp3) is 0.111. The van der Waals surface area contributed by atoms with Crippen LogP contribution in [0.4, 0.5) is 0 Å². The molecule has 0 unspecified atom stereocenters. The molecule has 2 aromatic carbocycles. The maximum atomic E-state index is 9.09. The number of benzene rings is 2. The highest BCUT2D eigenvalue weighted by molar-refractivity contribution is 5.67. The normalized spacial score (nSPS) is 10.6. The molecule has 4 nitrogen and oxygen atoms in total. The molecular weight excluding hydrogens is 276 g/mol. The van der Waals surface area contributed by atoms with Gasteiger partial charge < -0.3 is 10.2 Å². The summed E-state index contributed by atoms with van der Waals surface area (Å²) in [5.74, 6) is 0. The molecule has 0 fully saturated rings. The van der Waals surface area contributed by atoms with E-state index in [9.17, 15) is 0 Å². The van der Waals surface area contributed by atoms with Gasteiger partial charge in [-0.15, -0.1) is 0 Å². The van der Waals surface area contributed by atoms with Crippen molar-refractivity contribution >= 4 is 0 Å². The third-order valence-corrected chi connectivity index (χ3v) is 3.53. The molecule has 3 aromatic rings. The number of rotatable bonds is 4. The molecule has 0 radical (unpaired) electrons. The molecule has 0 spiro atoms. The van der Waals surface area contributed by atoms with E-state index < -0.39 is 0 Å². The van der Waals surface area contributed by atoms with Crippen molar-refractivity contribution in [2.45, 2.75) is 13.2 Å². The number of aromatic nitrogens is 2. The van der Waals surface area contributed by atoms with Gasteiger partial charge >= 0.3 is 0 Å². The second-order valence-corrected chi connectivity index (χ2v) is 5.00. The van der Waals surface area contributed by atoms with Gasteiger partial charge in [-0.3, -0.25) is 0 Å². The molecule has 0 saturated heterocycles. The van der Waals surface area contributed by atoms with Gasteiger partial charge in [0, 0.05) is 11.1 Å². The minimum atomic E-state index is 0.0342. The molecule has 1 aromatic heterocycles. The molecule has 0 saturated carbocycles. The van der Waals surface area contributed by atoms with Crippen molar-refractivity contribution < 1.29 is 10.2 Å². The third kappa shape index (κ3) is 3.03. The summed E-state index contributed by atoms with van der Waals surface area (Å²) >= 11 is 0. The Morgan fingerprint density at radius 3 is 1.41 bits per heavy atom. The summed E-state index contributed by atoms with van der Waals surface area (Å²) in [5, 5.41) is 18.2. The first-order chi connectivity index (χ1) is 10.8. The fourth-order valence-electron chi connectivity index (χ4n) is 2.23. The van der Waals surface area contributed by atoms with Gasteiger partial charge in [0.2, 0.25) is 0 Å². The van der Waals surface area contributed by atoms with Crippen LogP contribution in [0, 0.1) is 0 Å². The van der Waals surface area contributed by atoms with E-state index in [1.54, 1.807) is 6.33 Å². The Balaban J connectivity index is 1.93. The average Bonchev–Trinajstić information content (AvgIpc) is 2.62. The highest BCUT2D eigenvalue weighted by atomic mass is 16.3. The van der Waals surface area contributed by atoms with Crippen LogP contribution < -0.4 is 0 Å². The lowest BCUT2D eigenvalue weighted by Crippen LogP contribution is -1.91. The van der Waals surface area contributed by atoms with Crippen molar-refractivity contribution in [3.8, 4) is 22.5 Å². The number of hydrogen-bond acceptors (Lipinski definition) is 4. The van der Waals surface area contributed by atoms with Crippen LogP contribution in [0.1, 0.15) is 11.1 Å². The highest BCUT2D eigenvalue weighted by Gasteiger charge is 2.04. The number of nitrogens with zero attached hydrogens (tertiary/aromatic N) is 2. The standard InChI is InChI=1S/C18H16N2O2/c21-10-13-1-5-15(6-2-13)17-9-18(20-12-19-17)16-7-3-14(11-22)4-8-16/h1-9,12,21-22H,10-11H2. The van der Waals surface area contributed by atoms with Gasteiger partial charge in [0.25, 0.3) is 0 Å². The molecule has 110 valence electrons. The van der Waals surface area contributed by atoms with Crippen molar-refractivity contribution in [1.29, 1.82) is 0 Å². The molecule has 0 atom stereocenters. The van der Waals surface area contributed by atoms with Crippen molar-refractivity contribution in [1.82, 2.24) is 9.97 Å². The summed E-state index contributed by atoms with van der Waals surface area (Å²) in [7, 11) is 0. The summed E-state index contributed by atoms with van der Waals surface area (Å²) in [4.78, 5) is 8.62. The Kier molecular flexibility index (Phi) is 4.23. The van der Waals surface area contributed by atoms with Crippen LogP contribution in [0.15, 0.2) is 60.9 Å². The van der Waals surface area contributed by atoms with Crippen LogP contribution in [0.5, 0.6) is 0 Å².